The molecule has 0 amide bonds. The van der Waals surface area contributed by atoms with Crippen LogP contribution in [0.25, 0.3) is 0 Å². The van der Waals surface area contributed by atoms with Gasteiger partial charge in [0.05, 0.1) is 26.9 Å². The standard InChI is InChI=1S/C18H30N2O4.ClH/c1-18(2,12-21)17(20-8-6-19-7-9-20)16-14(23-4)10-13(22-3)11-15(16)24-5;/h10-11,17,19,21H,6-9,12H2,1-5H3;1H/t17-;/m0./s1. The van der Waals surface area contributed by atoms with E-state index in [2.05, 4.69) is 24.1 Å². The smallest absolute Gasteiger partial charge is 0.131 e. The van der Waals surface area contributed by atoms with Crippen molar-refractivity contribution in [2.24, 2.45) is 5.41 Å². The molecule has 0 bridgehead atoms. The SMILES string of the molecule is COc1cc(OC)c([C@H](N2CCNCC2)C(C)(C)CO)c(OC)c1.Cl. The van der Waals surface area contributed by atoms with Gasteiger partial charge in [0.25, 0.3) is 0 Å². The van der Waals surface area contributed by atoms with Crippen LogP contribution in [0, 0.1) is 5.41 Å². The summed E-state index contributed by atoms with van der Waals surface area (Å²) < 4.78 is 16.7. The Morgan fingerprint density at radius 2 is 1.60 bits per heavy atom. The van der Waals surface area contributed by atoms with E-state index in [1.807, 2.05) is 12.1 Å². The summed E-state index contributed by atoms with van der Waals surface area (Å²) in [6.45, 7) is 7.89. The summed E-state index contributed by atoms with van der Waals surface area (Å²) in [7, 11) is 4.93. The summed E-state index contributed by atoms with van der Waals surface area (Å²) in [5, 5.41) is 13.4. The van der Waals surface area contributed by atoms with Crippen molar-refractivity contribution in [2.45, 2.75) is 19.9 Å². The van der Waals surface area contributed by atoms with E-state index in [0.717, 1.165) is 43.2 Å². The van der Waals surface area contributed by atoms with Crippen molar-refractivity contribution in [1.82, 2.24) is 10.2 Å². The van der Waals surface area contributed by atoms with Crippen molar-refractivity contribution in [3.05, 3.63) is 17.7 Å². The third-order valence-corrected chi connectivity index (χ3v) is 4.69. The number of nitrogens with zero attached hydrogens (tertiary/aromatic N) is 1. The molecule has 1 saturated heterocycles. The first-order chi connectivity index (χ1) is 11.5. The van der Waals surface area contributed by atoms with Crippen LogP contribution in [0.5, 0.6) is 17.2 Å². The number of aliphatic hydroxyl groups excluding tert-OH is 1. The van der Waals surface area contributed by atoms with Gasteiger partial charge in [-0.05, 0) is 0 Å². The molecule has 1 fully saturated rings. The molecule has 1 aliphatic rings. The highest BCUT2D eigenvalue weighted by atomic mass is 35.5. The Bertz CT molecular complexity index is 523. The van der Waals surface area contributed by atoms with Gasteiger partial charge in [0.1, 0.15) is 17.2 Å². The molecule has 2 rings (SSSR count). The van der Waals surface area contributed by atoms with Gasteiger partial charge in [-0.15, -0.1) is 12.4 Å². The molecule has 0 radical (unpaired) electrons. The van der Waals surface area contributed by atoms with Gasteiger partial charge in [0.15, 0.2) is 0 Å². The van der Waals surface area contributed by atoms with Crippen LogP contribution in [-0.4, -0.2) is 64.1 Å². The van der Waals surface area contributed by atoms with E-state index < -0.39 is 0 Å². The Kier molecular flexibility index (Phi) is 8.28. The average Bonchev–Trinajstić information content (AvgIpc) is 2.62. The quantitative estimate of drug-likeness (QED) is 0.762. The molecule has 0 saturated carbocycles. The Labute approximate surface area is 156 Å². The zero-order chi connectivity index (χ0) is 17.7. The lowest BCUT2D eigenvalue weighted by molar-refractivity contribution is 0.0279. The lowest BCUT2D eigenvalue weighted by Gasteiger charge is -2.44. The van der Waals surface area contributed by atoms with Crippen molar-refractivity contribution >= 4 is 12.4 Å². The third-order valence-electron chi connectivity index (χ3n) is 4.69. The molecular weight excluding hydrogens is 344 g/mol. The Morgan fingerprint density at radius 3 is 2.00 bits per heavy atom. The van der Waals surface area contributed by atoms with Crippen LogP contribution in [0.3, 0.4) is 0 Å². The average molecular weight is 375 g/mol. The highest BCUT2D eigenvalue weighted by Gasteiger charge is 2.39. The molecule has 144 valence electrons. The zero-order valence-corrected chi connectivity index (χ0v) is 16.6. The van der Waals surface area contributed by atoms with Crippen molar-refractivity contribution in [1.29, 1.82) is 0 Å². The maximum atomic E-state index is 10.0. The van der Waals surface area contributed by atoms with E-state index in [0.29, 0.717) is 5.75 Å². The number of piperazine rings is 1. The highest BCUT2D eigenvalue weighted by Crippen LogP contribution is 2.47. The van der Waals surface area contributed by atoms with Crippen LogP contribution in [0.2, 0.25) is 0 Å². The molecule has 0 spiro atoms. The van der Waals surface area contributed by atoms with Gasteiger partial charge < -0.3 is 24.6 Å². The molecule has 0 aliphatic carbocycles. The monoisotopic (exact) mass is 374 g/mol. The Balaban J connectivity index is 0.00000312. The molecule has 1 aliphatic heterocycles. The van der Waals surface area contributed by atoms with Gasteiger partial charge in [-0.3, -0.25) is 4.90 Å². The summed E-state index contributed by atoms with van der Waals surface area (Å²) in [4.78, 5) is 2.39. The summed E-state index contributed by atoms with van der Waals surface area (Å²) in [6.07, 6.45) is 0. The van der Waals surface area contributed by atoms with Crippen molar-refractivity contribution in [3.8, 4) is 17.2 Å². The van der Waals surface area contributed by atoms with Gasteiger partial charge in [0.2, 0.25) is 0 Å². The Morgan fingerprint density at radius 1 is 1.08 bits per heavy atom. The fourth-order valence-electron chi connectivity index (χ4n) is 3.40. The van der Waals surface area contributed by atoms with E-state index in [4.69, 9.17) is 14.2 Å². The van der Waals surface area contributed by atoms with Gasteiger partial charge >= 0.3 is 0 Å². The molecule has 1 atom stereocenters. The first-order valence-corrected chi connectivity index (χ1v) is 8.34. The number of benzene rings is 1. The zero-order valence-electron chi connectivity index (χ0n) is 15.8. The molecular formula is C18H31ClN2O4. The molecule has 1 aromatic rings. The number of hydrogen-bond donors (Lipinski definition) is 2. The van der Waals surface area contributed by atoms with Crippen LogP contribution in [-0.2, 0) is 0 Å². The molecule has 0 aromatic heterocycles. The van der Waals surface area contributed by atoms with Gasteiger partial charge in [-0.25, -0.2) is 0 Å². The second-order valence-corrected chi connectivity index (χ2v) is 6.78. The van der Waals surface area contributed by atoms with E-state index in [1.165, 1.54) is 0 Å². The summed E-state index contributed by atoms with van der Waals surface area (Å²) in [6, 6.07) is 3.72. The number of nitrogens with one attached hydrogen (secondary N) is 1. The normalized spacial score (nSPS) is 16.7. The minimum atomic E-state index is -0.355. The number of ether oxygens (including phenoxy) is 3. The van der Waals surface area contributed by atoms with E-state index in [9.17, 15) is 5.11 Å². The van der Waals surface area contributed by atoms with Crippen LogP contribution in [0.15, 0.2) is 12.1 Å². The minimum absolute atomic E-state index is 0. The van der Waals surface area contributed by atoms with E-state index in [1.54, 1.807) is 21.3 Å². The fourth-order valence-corrected chi connectivity index (χ4v) is 3.40. The second kappa shape index (κ2) is 9.48. The minimum Gasteiger partial charge on any atom is -0.496 e. The lowest BCUT2D eigenvalue weighted by atomic mass is 9.79. The molecule has 7 heteroatoms. The first kappa shape index (κ1) is 21.8. The predicted octanol–water partition coefficient (Wildman–Crippen LogP) is 2.10. The second-order valence-electron chi connectivity index (χ2n) is 6.78. The largest absolute Gasteiger partial charge is 0.496 e. The van der Waals surface area contributed by atoms with Gasteiger partial charge in [-0.1, -0.05) is 13.8 Å². The number of rotatable bonds is 7. The van der Waals surface area contributed by atoms with Crippen molar-refractivity contribution < 1.29 is 19.3 Å². The summed E-state index contributed by atoms with van der Waals surface area (Å²) >= 11 is 0. The van der Waals surface area contributed by atoms with Crippen molar-refractivity contribution in [2.75, 3.05) is 54.1 Å². The third kappa shape index (κ3) is 4.70. The summed E-state index contributed by atoms with van der Waals surface area (Å²) in [5.74, 6) is 2.13. The number of methoxy groups -OCH3 is 3. The molecule has 0 unspecified atom stereocenters. The Hall–Kier alpha value is -1.21. The van der Waals surface area contributed by atoms with Crippen LogP contribution in [0.4, 0.5) is 0 Å². The summed E-state index contributed by atoms with van der Waals surface area (Å²) in [5.41, 5.74) is 0.605. The maximum absolute atomic E-state index is 10.0. The van der Waals surface area contributed by atoms with Crippen LogP contribution < -0.4 is 19.5 Å². The van der Waals surface area contributed by atoms with Gasteiger partial charge in [-0.2, -0.15) is 0 Å². The number of aliphatic hydroxyl groups is 1. The maximum Gasteiger partial charge on any atom is 0.131 e. The predicted molar refractivity (Wildman–Crippen MR) is 101 cm³/mol. The van der Waals surface area contributed by atoms with Crippen LogP contribution >= 0.6 is 12.4 Å². The number of halogens is 1. The first-order valence-electron chi connectivity index (χ1n) is 8.34. The van der Waals surface area contributed by atoms with E-state index in [-0.39, 0.29) is 30.5 Å². The highest BCUT2D eigenvalue weighted by molar-refractivity contribution is 5.85. The lowest BCUT2D eigenvalue weighted by Crippen LogP contribution is -2.49. The molecule has 25 heavy (non-hydrogen) atoms. The molecule has 1 aromatic carbocycles. The molecule has 6 nitrogen and oxygen atoms in total. The van der Waals surface area contributed by atoms with Crippen LogP contribution in [0.1, 0.15) is 25.5 Å². The molecule has 2 N–H and O–H groups in total. The van der Waals surface area contributed by atoms with Gasteiger partial charge in [0, 0.05) is 56.4 Å². The van der Waals surface area contributed by atoms with Crippen molar-refractivity contribution in [3.63, 3.8) is 0 Å². The molecule has 1 heterocycles. The van der Waals surface area contributed by atoms with E-state index >= 15 is 0 Å². The number of hydrogen-bond acceptors (Lipinski definition) is 6. The fraction of sp³-hybridized carbons (Fsp3) is 0.667. The topological polar surface area (TPSA) is 63.2 Å².